The molecule has 0 bridgehead atoms. The van der Waals surface area contributed by atoms with Crippen molar-refractivity contribution in [3.63, 3.8) is 0 Å². The summed E-state index contributed by atoms with van der Waals surface area (Å²) in [5.74, 6) is 0.218. The van der Waals surface area contributed by atoms with Crippen LogP contribution >= 0.6 is 0 Å². The molecular weight excluding hydrogens is 303 g/mol. The van der Waals surface area contributed by atoms with Gasteiger partial charge in [0.15, 0.2) is 17.3 Å². The number of nitrogens with zero attached hydrogens (tertiary/aromatic N) is 2. The van der Waals surface area contributed by atoms with E-state index in [1.165, 1.54) is 17.7 Å². The number of aryl methyl sites for hydroxylation is 2. The highest BCUT2D eigenvalue weighted by Crippen LogP contribution is 2.27. The van der Waals surface area contributed by atoms with E-state index in [0.717, 1.165) is 22.3 Å². The van der Waals surface area contributed by atoms with Crippen LogP contribution in [0, 0.1) is 12.7 Å². The zero-order valence-corrected chi connectivity index (χ0v) is 13.5. The minimum atomic E-state index is -0.275. The summed E-state index contributed by atoms with van der Waals surface area (Å²) >= 11 is 0. The lowest BCUT2D eigenvalue weighted by atomic mass is 10.0. The number of aromatic nitrogens is 2. The maximum absolute atomic E-state index is 13.1. The van der Waals surface area contributed by atoms with Crippen molar-refractivity contribution in [2.45, 2.75) is 6.92 Å². The molecule has 24 heavy (non-hydrogen) atoms. The lowest BCUT2D eigenvalue weighted by molar-refractivity contribution is -0.659. The molecule has 2 aromatic carbocycles. The van der Waals surface area contributed by atoms with Gasteiger partial charge in [-0.25, -0.2) is 9.37 Å². The molecule has 0 atom stereocenters. The zero-order chi connectivity index (χ0) is 16.7. The van der Waals surface area contributed by atoms with Gasteiger partial charge in [0.25, 0.3) is 0 Å². The van der Waals surface area contributed by atoms with Crippen LogP contribution in [0.4, 0.5) is 4.39 Å². The highest BCUT2D eigenvalue weighted by Gasteiger charge is 2.18. The van der Waals surface area contributed by atoms with Crippen LogP contribution < -0.4 is 4.57 Å². The summed E-state index contributed by atoms with van der Waals surface area (Å²) < 4.78 is 21.0. The average molecular weight is 319 g/mol. The van der Waals surface area contributed by atoms with Crippen molar-refractivity contribution in [3.8, 4) is 22.7 Å². The van der Waals surface area contributed by atoms with E-state index in [4.69, 9.17) is 4.42 Å². The van der Waals surface area contributed by atoms with Gasteiger partial charge in [-0.15, -0.1) is 0 Å². The van der Waals surface area contributed by atoms with E-state index >= 15 is 0 Å². The van der Waals surface area contributed by atoms with E-state index in [1.54, 1.807) is 12.1 Å². The number of rotatable bonds is 2. The van der Waals surface area contributed by atoms with Gasteiger partial charge in [0.1, 0.15) is 12.9 Å². The highest BCUT2D eigenvalue weighted by atomic mass is 19.1. The van der Waals surface area contributed by atoms with Gasteiger partial charge in [-0.3, -0.25) is 0 Å². The highest BCUT2D eigenvalue weighted by molar-refractivity contribution is 5.78. The molecule has 0 aliphatic heterocycles. The molecule has 0 saturated carbocycles. The summed E-state index contributed by atoms with van der Waals surface area (Å²) in [5, 5.41) is 0. The van der Waals surface area contributed by atoms with Crippen molar-refractivity contribution in [3.05, 3.63) is 72.2 Å². The van der Waals surface area contributed by atoms with E-state index in [9.17, 15) is 4.39 Å². The monoisotopic (exact) mass is 319 g/mol. The normalized spacial score (nSPS) is 11.1. The molecule has 0 radical (unpaired) electrons. The first-order valence-corrected chi connectivity index (χ1v) is 7.74. The predicted molar refractivity (Wildman–Crippen MR) is 90.8 cm³/mol. The predicted octanol–water partition coefficient (Wildman–Crippen LogP) is 4.43. The van der Waals surface area contributed by atoms with Crippen LogP contribution in [0.15, 0.2) is 65.2 Å². The van der Waals surface area contributed by atoms with Crippen LogP contribution in [-0.4, -0.2) is 4.98 Å². The van der Waals surface area contributed by atoms with Crippen molar-refractivity contribution in [1.82, 2.24) is 4.98 Å². The van der Waals surface area contributed by atoms with E-state index in [1.807, 2.05) is 36.0 Å². The SMILES string of the molecule is Cc1ccccc1-c1cc2oc(-c3ccc(F)cc3)nc2c[n+]1C. The van der Waals surface area contributed by atoms with Gasteiger partial charge < -0.3 is 4.42 Å². The van der Waals surface area contributed by atoms with Crippen LogP contribution in [0.2, 0.25) is 0 Å². The van der Waals surface area contributed by atoms with Crippen molar-refractivity contribution in [2.24, 2.45) is 7.05 Å². The van der Waals surface area contributed by atoms with Crippen molar-refractivity contribution in [1.29, 1.82) is 0 Å². The molecule has 0 aliphatic rings. The second-order valence-electron chi connectivity index (χ2n) is 5.86. The van der Waals surface area contributed by atoms with Gasteiger partial charge in [0.2, 0.25) is 11.6 Å². The maximum Gasteiger partial charge on any atom is 0.227 e. The number of oxazole rings is 1. The summed E-state index contributed by atoms with van der Waals surface area (Å²) in [5.41, 5.74) is 5.65. The molecule has 0 aliphatic carbocycles. The van der Waals surface area contributed by atoms with Gasteiger partial charge in [0, 0.05) is 11.1 Å². The first-order chi connectivity index (χ1) is 11.6. The molecule has 2 heterocycles. The first kappa shape index (κ1) is 14.6. The number of hydrogen-bond donors (Lipinski definition) is 0. The number of halogens is 1. The number of hydrogen-bond acceptors (Lipinski definition) is 2. The molecule has 0 amide bonds. The van der Waals surface area contributed by atoms with Crippen LogP contribution in [0.5, 0.6) is 0 Å². The van der Waals surface area contributed by atoms with E-state index in [2.05, 4.69) is 24.0 Å². The summed E-state index contributed by atoms with van der Waals surface area (Å²) in [7, 11) is 1.99. The third-order valence-electron chi connectivity index (χ3n) is 4.16. The Kier molecular flexibility index (Phi) is 3.38. The Morgan fingerprint density at radius 3 is 2.54 bits per heavy atom. The second kappa shape index (κ2) is 5.57. The van der Waals surface area contributed by atoms with Crippen molar-refractivity contribution < 1.29 is 13.4 Å². The third kappa shape index (κ3) is 2.46. The fourth-order valence-corrected chi connectivity index (χ4v) is 2.86. The largest absolute Gasteiger partial charge is 0.436 e. The van der Waals surface area contributed by atoms with Crippen LogP contribution in [0.3, 0.4) is 0 Å². The number of fused-ring (bicyclic) bond motifs is 1. The molecular formula is C20H16FN2O+. The summed E-state index contributed by atoms with van der Waals surface area (Å²) in [4.78, 5) is 4.52. The Morgan fingerprint density at radius 1 is 1.04 bits per heavy atom. The quantitative estimate of drug-likeness (QED) is 0.511. The van der Waals surface area contributed by atoms with Gasteiger partial charge in [-0.1, -0.05) is 18.2 Å². The van der Waals surface area contributed by atoms with E-state index in [0.29, 0.717) is 11.5 Å². The number of pyridine rings is 1. The van der Waals surface area contributed by atoms with Crippen LogP contribution in [0.1, 0.15) is 5.56 Å². The zero-order valence-electron chi connectivity index (χ0n) is 13.5. The van der Waals surface area contributed by atoms with E-state index < -0.39 is 0 Å². The second-order valence-corrected chi connectivity index (χ2v) is 5.86. The molecule has 0 N–H and O–H groups in total. The molecule has 118 valence electrons. The minimum absolute atomic E-state index is 0.275. The van der Waals surface area contributed by atoms with Crippen LogP contribution in [-0.2, 0) is 7.05 Å². The van der Waals surface area contributed by atoms with Crippen molar-refractivity contribution >= 4 is 11.1 Å². The molecule has 2 aromatic heterocycles. The smallest absolute Gasteiger partial charge is 0.227 e. The summed E-state index contributed by atoms with van der Waals surface area (Å²) in [6.07, 6.45) is 1.95. The molecule has 0 saturated heterocycles. The lowest BCUT2D eigenvalue weighted by Crippen LogP contribution is -2.30. The molecule has 0 unspecified atom stereocenters. The maximum atomic E-state index is 13.1. The molecule has 4 rings (SSSR count). The Morgan fingerprint density at radius 2 is 1.79 bits per heavy atom. The van der Waals surface area contributed by atoms with Gasteiger partial charge in [0.05, 0.1) is 6.07 Å². The standard InChI is InChI=1S/C20H16FN2O/c1-13-5-3-4-6-16(13)18-11-19-17(12-23(18)2)22-20(24-19)14-7-9-15(21)10-8-14/h3-12H,1-2H3/q+1. The fourth-order valence-electron chi connectivity index (χ4n) is 2.86. The van der Waals surface area contributed by atoms with Gasteiger partial charge in [-0.05, 0) is 42.8 Å². The van der Waals surface area contributed by atoms with Gasteiger partial charge >= 0.3 is 0 Å². The molecule has 0 spiro atoms. The minimum Gasteiger partial charge on any atom is -0.436 e. The fraction of sp³-hybridized carbons (Fsp3) is 0.100. The van der Waals surface area contributed by atoms with Crippen molar-refractivity contribution in [2.75, 3.05) is 0 Å². The lowest BCUT2D eigenvalue weighted by Gasteiger charge is -2.03. The average Bonchev–Trinajstić information content (AvgIpc) is 2.98. The summed E-state index contributed by atoms with van der Waals surface area (Å²) in [6, 6.07) is 16.4. The van der Waals surface area contributed by atoms with E-state index in [-0.39, 0.29) is 5.82 Å². The molecule has 3 nitrogen and oxygen atoms in total. The Labute approximate surface area is 139 Å². The van der Waals surface area contributed by atoms with Crippen LogP contribution in [0.25, 0.3) is 33.8 Å². The first-order valence-electron chi connectivity index (χ1n) is 7.74. The Hall–Kier alpha value is -3.01. The number of benzene rings is 2. The molecule has 4 heteroatoms. The molecule has 0 fully saturated rings. The third-order valence-corrected chi connectivity index (χ3v) is 4.16. The molecule has 4 aromatic rings. The summed E-state index contributed by atoms with van der Waals surface area (Å²) in [6.45, 7) is 2.09. The topological polar surface area (TPSA) is 29.9 Å². The Bertz CT molecular complexity index is 1040. The van der Waals surface area contributed by atoms with Gasteiger partial charge in [-0.2, -0.15) is 4.57 Å². The Balaban J connectivity index is 1.86.